The Labute approximate surface area is 77.1 Å². The van der Waals surface area contributed by atoms with Crippen molar-refractivity contribution in [1.29, 1.82) is 15.9 Å². The Morgan fingerprint density at radius 2 is 2.31 bits per heavy atom. The van der Waals surface area contributed by atoms with E-state index in [-0.39, 0.29) is 5.71 Å². The smallest absolute Gasteiger partial charge is 0.135 e. The first-order chi connectivity index (χ1) is 6.27. The van der Waals surface area contributed by atoms with E-state index < -0.39 is 0 Å². The summed E-state index contributed by atoms with van der Waals surface area (Å²) in [5.41, 5.74) is 1.68. The first kappa shape index (κ1) is 9.22. The van der Waals surface area contributed by atoms with E-state index in [0.717, 1.165) is 24.0 Å². The van der Waals surface area contributed by atoms with Crippen LogP contribution >= 0.6 is 0 Å². The fourth-order valence-corrected chi connectivity index (χ4v) is 1.25. The second-order valence-electron chi connectivity index (χ2n) is 2.81. The Kier molecular flexibility index (Phi) is 3.00. The highest BCUT2D eigenvalue weighted by molar-refractivity contribution is 6.09. The maximum Gasteiger partial charge on any atom is 0.135 e. The molecular weight excluding hydrogens is 162 g/mol. The summed E-state index contributed by atoms with van der Waals surface area (Å²) in [6.07, 6.45) is 5.69. The SMILES string of the molecule is N#CCC1=CCCC(C(=N)C#N)=C1. The van der Waals surface area contributed by atoms with E-state index in [1.54, 1.807) is 12.1 Å². The van der Waals surface area contributed by atoms with Crippen molar-refractivity contribution in [2.45, 2.75) is 19.3 Å². The van der Waals surface area contributed by atoms with Gasteiger partial charge in [-0.2, -0.15) is 10.5 Å². The van der Waals surface area contributed by atoms with Crippen molar-refractivity contribution in [2.75, 3.05) is 0 Å². The van der Waals surface area contributed by atoms with Crippen LogP contribution in [0.1, 0.15) is 19.3 Å². The quantitative estimate of drug-likeness (QED) is 0.646. The van der Waals surface area contributed by atoms with Crippen LogP contribution in [0, 0.1) is 28.1 Å². The molecule has 3 nitrogen and oxygen atoms in total. The van der Waals surface area contributed by atoms with Crippen LogP contribution in [0.3, 0.4) is 0 Å². The number of nitrogens with zero attached hydrogens (tertiary/aromatic N) is 2. The summed E-state index contributed by atoms with van der Waals surface area (Å²) in [5.74, 6) is 0. The minimum absolute atomic E-state index is 0.0172. The Morgan fingerprint density at radius 1 is 1.54 bits per heavy atom. The van der Waals surface area contributed by atoms with Gasteiger partial charge in [0, 0.05) is 0 Å². The Morgan fingerprint density at radius 3 is 2.92 bits per heavy atom. The lowest BCUT2D eigenvalue weighted by molar-refractivity contribution is 0.973. The van der Waals surface area contributed by atoms with Gasteiger partial charge in [0.1, 0.15) is 11.8 Å². The van der Waals surface area contributed by atoms with Crippen LogP contribution < -0.4 is 0 Å². The summed E-state index contributed by atoms with van der Waals surface area (Å²) in [5, 5.41) is 24.3. The van der Waals surface area contributed by atoms with Gasteiger partial charge in [-0.15, -0.1) is 0 Å². The van der Waals surface area contributed by atoms with Crippen LogP contribution in [0.15, 0.2) is 23.3 Å². The van der Waals surface area contributed by atoms with Gasteiger partial charge in [-0.25, -0.2) is 0 Å². The second kappa shape index (κ2) is 4.23. The molecule has 0 aromatic carbocycles. The summed E-state index contributed by atoms with van der Waals surface area (Å²) in [6, 6.07) is 3.85. The molecule has 0 radical (unpaired) electrons. The standard InChI is InChI=1S/C10H9N3/c11-5-4-8-2-1-3-9(6-8)10(13)7-12/h2,6,13H,1,3-4H2. The van der Waals surface area contributed by atoms with Gasteiger partial charge in [0.25, 0.3) is 0 Å². The molecule has 3 heteroatoms. The molecule has 0 fully saturated rings. The highest BCUT2D eigenvalue weighted by atomic mass is 14.4. The van der Waals surface area contributed by atoms with Crippen LogP contribution in [0.4, 0.5) is 0 Å². The second-order valence-corrected chi connectivity index (χ2v) is 2.81. The van der Waals surface area contributed by atoms with Gasteiger partial charge in [0.2, 0.25) is 0 Å². The average Bonchev–Trinajstić information content (AvgIpc) is 2.18. The molecular formula is C10H9N3. The van der Waals surface area contributed by atoms with E-state index >= 15 is 0 Å². The number of allylic oxidation sites excluding steroid dienone is 4. The third-order valence-electron chi connectivity index (χ3n) is 1.90. The van der Waals surface area contributed by atoms with E-state index in [0.29, 0.717) is 6.42 Å². The van der Waals surface area contributed by atoms with Gasteiger partial charge in [-0.1, -0.05) is 12.2 Å². The molecule has 1 aliphatic rings. The van der Waals surface area contributed by atoms with Gasteiger partial charge in [0.05, 0.1) is 12.5 Å². The van der Waals surface area contributed by atoms with E-state index in [4.69, 9.17) is 15.9 Å². The molecule has 1 N–H and O–H groups in total. The van der Waals surface area contributed by atoms with Gasteiger partial charge in [-0.05, 0) is 24.0 Å². The normalized spacial score (nSPS) is 14.9. The summed E-state index contributed by atoms with van der Waals surface area (Å²) in [6.45, 7) is 0. The predicted molar refractivity (Wildman–Crippen MR) is 49.0 cm³/mol. The van der Waals surface area contributed by atoms with Gasteiger partial charge in [-0.3, -0.25) is 5.41 Å². The van der Waals surface area contributed by atoms with Crippen molar-refractivity contribution in [3.8, 4) is 12.1 Å². The monoisotopic (exact) mass is 171 g/mol. The molecule has 1 aliphatic carbocycles. The summed E-state index contributed by atoms with van der Waals surface area (Å²) in [7, 11) is 0. The lowest BCUT2D eigenvalue weighted by Crippen LogP contribution is -2.01. The van der Waals surface area contributed by atoms with Crippen molar-refractivity contribution < 1.29 is 0 Å². The summed E-state index contributed by atoms with van der Waals surface area (Å²) < 4.78 is 0. The summed E-state index contributed by atoms with van der Waals surface area (Å²) >= 11 is 0. The van der Waals surface area contributed by atoms with Gasteiger partial charge in [0.15, 0.2) is 0 Å². The molecule has 0 saturated carbocycles. The van der Waals surface area contributed by atoms with E-state index in [1.165, 1.54) is 0 Å². The summed E-state index contributed by atoms with van der Waals surface area (Å²) in [4.78, 5) is 0. The molecule has 0 aliphatic heterocycles. The van der Waals surface area contributed by atoms with Crippen molar-refractivity contribution in [3.63, 3.8) is 0 Å². The molecule has 0 aromatic rings. The number of nitrogens with one attached hydrogen (secondary N) is 1. The van der Waals surface area contributed by atoms with Crippen molar-refractivity contribution in [2.24, 2.45) is 0 Å². The van der Waals surface area contributed by atoms with Crippen LogP contribution in [-0.2, 0) is 0 Å². The highest BCUT2D eigenvalue weighted by Gasteiger charge is 2.08. The van der Waals surface area contributed by atoms with Crippen LogP contribution in [0.2, 0.25) is 0 Å². The molecule has 13 heavy (non-hydrogen) atoms. The predicted octanol–water partition coefficient (Wildman–Crippen LogP) is 2.09. The molecule has 0 atom stereocenters. The molecule has 0 heterocycles. The zero-order chi connectivity index (χ0) is 9.68. The lowest BCUT2D eigenvalue weighted by Gasteiger charge is -2.09. The van der Waals surface area contributed by atoms with Crippen LogP contribution in [0.5, 0.6) is 0 Å². The van der Waals surface area contributed by atoms with Crippen molar-refractivity contribution in [1.82, 2.24) is 0 Å². The van der Waals surface area contributed by atoms with E-state index in [1.807, 2.05) is 12.1 Å². The number of rotatable bonds is 2. The minimum Gasteiger partial charge on any atom is -0.290 e. The molecule has 1 rings (SSSR count). The zero-order valence-corrected chi connectivity index (χ0v) is 7.17. The fourth-order valence-electron chi connectivity index (χ4n) is 1.25. The third-order valence-corrected chi connectivity index (χ3v) is 1.90. The third kappa shape index (κ3) is 2.28. The molecule has 0 amide bonds. The van der Waals surface area contributed by atoms with Gasteiger partial charge >= 0.3 is 0 Å². The minimum atomic E-state index is 0.0172. The van der Waals surface area contributed by atoms with Crippen molar-refractivity contribution >= 4 is 5.71 Å². The average molecular weight is 171 g/mol. The molecule has 0 saturated heterocycles. The maximum atomic E-state index is 8.50. The molecule has 64 valence electrons. The number of hydrogen-bond acceptors (Lipinski definition) is 3. The lowest BCUT2D eigenvalue weighted by atomic mass is 9.95. The molecule has 0 unspecified atom stereocenters. The first-order valence-electron chi connectivity index (χ1n) is 4.03. The van der Waals surface area contributed by atoms with Crippen LogP contribution in [0.25, 0.3) is 0 Å². The zero-order valence-electron chi connectivity index (χ0n) is 7.17. The molecule has 0 spiro atoms. The van der Waals surface area contributed by atoms with Gasteiger partial charge < -0.3 is 0 Å². The Balaban J connectivity index is 2.81. The number of nitriles is 2. The Hall–Kier alpha value is -1.87. The topological polar surface area (TPSA) is 71.4 Å². The van der Waals surface area contributed by atoms with E-state index in [2.05, 4.69) is 0 Å². The fraction of sp³-hybridized carbons (Fsp3) is 0.300. The van der Waals surface area contributed by atoms with E-state index in [9.17, 15) is 0 Å². The van der Waals surface area contributed by atoms with Crippen LogP contribution in [-0.4, -0.2) is 5.71 Å². The molecule has 0 bridgehead atoms. The van der Waals surface area contributed by atoms with Crippen molar-refractivity contribution in [3.05, 3.63) is 23.3 Å². The highest BCUT2D eigenvalue weighted by Crippen LogP contribution is 2.19. The number of hydrogen-bond donors (Lipinski definition) is 1. The first-order valence-corrected chi connectivity index (χ1v) is 4.03. The molecule has 0 aromatic heterocycles. The maximum absolute atomic E-state index is 8.50. The Bertz CT molecular complexity index is 361. The largest absolute Gasteiger partial charge is 0.290 e.